The molecule has 0 aromatic heterocycles. The van der Waals surface area contributed by atoms with Crippen LogP contribution < -0.4 is 10.8 Å². The average molecular weight is 492 g/mol. The minimum atomic E-state index is -1.57. The van der Waals surface area contributed by atoms with Crippen molar-refractivity contribution in [3.8, 4) is 0 Å². The molecule has 1 aliphatic rings. The van der Waals surface area contributed by atoms with Crippen molar-refractivity contribution < 1.29 is 27.9 Å². The van der Waals surface area contributed by atoms with Crippen LogP contribution in [0.2, 0.25) is 0 Å². The summed E-state index contributed by atoms with van der Waals surface area (Å²) in [4.78, 5) is 17.4. The Morgan fingerprint density at radius 3 is 2.44 bits per heavy atom. The maximum atomic E-state index is 14.1. The van der Waals surface area contributed by atoms with Gasteiger partial charge in [-0.3, -0.25) is 4.79 Å². The Labute approximate surface area is 167 Å². The zero-order chi connectivity index (χ0) is 19.8. The quantitative estimate of drug-likeness (QED) is 0.321. The first-order chi connectivity index (χ1) is 12.7. The highest BCUT2D eigenvalue weighted by molar-refractivity contribution is 14.1. The second kappa shape index (κ2) is 7.64. The van der Waals surface area contributed by atoms with Crippen LogP contribution in [0.4, 0.5) is 24.5 Å². The molecule has 9 heteroatoms. The van der Waals surface area contributed by atoms with E-state index in [0.717, 1.165) is 18.9 Å². The van der Waals surface area contributed by atoms with Gasteiger partial charge in [0.1, 0.15) is 5.82 Å². The number of hydrogen-bond donors (Lipinski definition) is 3. The SMILES string of the molecule is CC(O)(ONC(=O)c1cc(F)c(F)cc1Nc1ccc(I)cc1F)C1CC1. The maximum Gasteiger partial charge on any atom is 0.277 e. The van der Waals surface area contributed by atoms with E-state index < -0.39 is 29.1 Å². The molecule has 3 rings (SSSR count). The molecule has 2 aromatic carbocycles. The largest absolute Gasteiger partial charge is 0.364 e. The number of benzene rings is 2. The second-order valence-corrected chi connectivity index (χ2v) is 7.67. The Morgan fingerprint density at radius 1 is 1.15 bits per heavy atom. The molecule has 1 saturated carbocycles. The van der Waals surface area contributed by atoms with Gasteiger partial charge < -0.3 is 10.4 Å². The third kappa shape index (κ3) is 4.71. The van der Waals surface area contributed by atoms with E-state index in [1.807, 2.05) is 28.1 Å². The molecule has 0 bridgehead atoms. The fraction of sp³-hybridized carbons (Fsp3) is 0.278. The van der Waals surface area contributed by atoms with E-state index in [4.69, 9.17) is 4.84 Å². The molecule has 27 heavy (non-hydrogen) atoms. The summed E-state index contributed by atoms with van der Waals surface area (Å²) in [6, 6.07) is 5.70. The summed E-state index contributed by atoms with van der Waals surface area (Å²) in [6.45, 7) is 1.40. The van der Waals surface area contributed by atoms with E-state index in [1.165, 1.54) is 19.1 Å². The topological polar surface area (TPSA) is 70.6 Å². The van der Waals surface area contributed by atoms with Crippen molar-refractivity contribution in [3.05, 3.63) is 56.9 Å². The third-order valence-electron chi connectivity index (χ3n) is 4.19. The monoisotopic (exact) mass is 492 g/mol. The Balaban J connectivity index is 1.85. The van der Waals surface area contributed by atoms with Gasteiger partial charge in [0, 0.05) is 15.6 Å². The Bertz CT molecular complexity index is 888. The van der Waals surface area contributed by atoms with Gasteiger partial charge in [0.25, 0.3) is 5.91 Å². The smallest absolute Gasteiger partial charge is 0.277 e. The molecule has 0 saturated heterocycles. The van der Waals surface area contributed by atoms with Crippen LogP contribution in [-0.2, 0) is 4.84 Å². The van der Waals surface area contributed by atoms with Gasteiger partial charge in [-0.2, -0.15) is 0 Å². The summed E-state index contributed by atoms with van der Waals surface area (Å²) in [5.41, 5.74) is 1.57. The molecule has 0 radical (unpaired) electrons. The van der Waals surface area contributed by atoms with Gasteiger partial charge in [-0.15, -0.1) is 0 Å². The van der Waals surface area contributed by atoms with Crippen molar-refractivity contribution >= 4 is 39.9 Å². The minimum Gasteiger partial charge on any atom is -0.364 e. The predicted octanol–water partition coefficient (Wildman–Crippen LogP) is 4.23. The molecule has 0 spiro atoms. The highest BCUT2D eigenvalue weighted by Gasteiger charge is 2.42. The number of carbonyl (C=O) groups is 1. The van der Waals surface area contributed by atoms with Crippen molar-refractivity contribution in [2.75, 3.05) is 5.32 Å². The van der Waals surface area contributed by atoms with E-state index >= 15 is 0 Å². The molecular weight excluding hydrogens is 476 g/mol. The first kappa shape index (κ1) is 19.9. The lowest BCUT2D eigenvalue weighted by Gasteiger charge is -2.23. The molecule has 1 atom stereocenters. The van der Waals surface area contributed by atoms with Gasteiger partial charge in [-0.05, 0) is 66.6 Å². The molecule has 5 nitrogen and oxygen atoms in total. The summed E-state index contributed by atoms with van der Waals surface area (Å²) < 4.78 is 42.0. The number of halogens is 4. The first-order valence-corrected chi connectivity index (χ1v) is 9.17. The van der Waals surface area contributed by atoms with Crippen molar-refractivity contribution in [1.29, 1.82) is 0 Å². The van der Waals surface area contributed by atoms with Gasteiger partial charge in [0.05, 0.1) is 16.9 Å². The molecule has 0 aliphatic heterocycles. The van der Waals surface area contributed by atoms with Crippen LogP contribution in [0.25, 0.3) is 0 Å². The number of nitrogens with one attached hydrogen (secondary N) is 2. The van der Waals surface area contributed by atoms with Crippen LogP contribution in [0.15, 0.2) is 30.3 Å². The number of rotatable bonds is 6. The lowest BCUT2D eigenvalue weighted by molar-refractivity contribution is -0.230. The number of amides is 1. The van der Waals surface area contributed by atoms with Gasteiger partial charge >= 0.3 is 0 Å². The van der Waals surface area contributed by atoms with E-state index in [2.05, 4.69) is 5.32 Å². The fourth-order valence-corrected chi connectivity index (χ4v) is 2.93. The fourth-order valence-electron chi connectivity index (χ4n) is 2.48. The molecule has 3 N–H and O–H groups in total. The van der Waals surface area contributed by atoms with Crippen molar-refractivity contribution in [1.82, 2.24) is 5.48 Å². The molecule has 0 heterocycles. The lowest BCUT2D eigenvalue weighted by atomic mass is 10.1. The zero-order valence-electron chi connectivity index (χ0n) is 14.2. The van der Waals surface area contributed by atoms with Crippen LogP contribution in [0, 0.1) is 26.9 Å². The summed E-state index contributed by atoms with van der Waals surface area (Å²) >= 11 is 1.93. The predicted molar refractivity (Wildman–Crippen MR) is 101 cm³/mol. The van der Waals surface area contributed by atoms with E-state index in [0.29, 0.717) is 9.64 Å². The van der Waals surface area contributed by atoms with E-state index in [9.17, 15) is 23.1 Å². The molecule has 1 amide bonds. The molecular formula is C18H16F3IN2O3. The molecule has 2 aromatic rings. The number of hydroxylamine groups is 1. The molecule has 144 valence electrons. The van der Waals surface area contributed by atoms with Crippen molar-refractivity contribution in [2.45, 2.75) is 25.6 Å². The standard InChI is InChI=1S/C18H16F3IN2O3/c1-18(26,9-2-3-9)27-24-17(25)11-7-12(19)13(20)8-16(11)23-15-5-4-10(22)6-14(15)21/h4-9,23,26H,2-3H2,1H3,(H,24,25). The highest BCUT2D eigenvalue weighted by Crippen LogP contribution is 2.39. The summed E-state index contributed by atoms with van der Waals surface area (Å²) in [5, 5.41) is 12.7. The third-order valence-corrected chi connectivity index (χ3v) is 4.86. The number of aliphatic hydroxyl groups is 1. The Morgan fingerprint density at radius 2 is 1.81 bits per heavy atom. The van der Waals surface area contributed by atoms with Crippen LogP contribution in [0.1, 0.15) is 30.1 Å². The highest BCUT2D eigenvalue weighted by atomic mass is 127. The van der Waals surface area contributed by atoms with Crippen LogP contribution in [-0.4, -0.2) is 16.8 Å². The zero-order valence-corrected chi connectivity index (χ0v) is 16.3. The summed E-state index contributed by atoms with van der Waals surface area (Å²) in [7, 11) is 0. The minimum absolute atomic E-state index is 0.0126. The van der Waals surface area contributed by atoms with Gasteiger partial charge in [0.15, 0.2) is 17.4 Å². The molecule has 1 aliphatic carbocycles. The number of anilines is 2. The van der Waals surface area contributed by atoms with E-state index in [1.54, 1.807) is 6.07 Å². The normalized spacial score (nSPS) is 15.9. The average Bonchev–Trinajstić information content (AvgIpc) is 3.44. The van der Waals surface area contributed by atoms with Crippen LogP contribution >= 0.6 is 22.6 Å². The number of hydrogen-bond acceptors (Lipinski definition) is 4. The Kier molecular flexibility index (Phi) is 5.63. The van der Waals surface area contributed by atoms with Gasteiger partial charge in [-0.25, -0.2) is 23.5 Å². The first-order valence-electron chi connectivity index (χ1n) is 8.09. The maximum absolute atomic E-state index is 14.1. The second-order valence-electron chi connectivity index (χ2n) is 6.42. The molecule has 1 unspecified atom stereocenters. The van der Waals surface area contributed by atoms with Crippen LogP contribution in [0.3, 0.4) is 0 Å². The lowest BCUT2D eigenvalue weighted by Crippen LogP contribution is -2.40. The molecule has 1 fully saturated rings. The number of carbonyl (C=O) groups excluding carboxylic acids is 1. The van der Waals surface area contributed by atoms with Crippen molar-refractivity contribution in [2.24, 2.45) is 5.92 Å². The van der Waals surface area contributed by atoms with Crippen LogP contribution in [0.5, 0.6) is 0 Å². The van der Waals surface area contributed by atoms with Gasteiger partial charge in [0.2, 0.25) is 0 Å². The van der Waals surface area contributed by atoms with Crippen molar-refractivity contribution in [3.63, 3.8) is 0 Å². The summed E-state index contributed by atoms with van der Waals surface area (Å²) in [6.07, 6.45) is 1.51. The van der Waals surface area contributed by atoms with Gasteiger partial charge in [-0.1, -0.05) is 0 Å². The summed E-state index contributed by atoms with van der Waals surface area (Å²) in [5.74, 6) is -5.66. The Hall–Kier alpha value is -1.85. The van der Waals surface area contributed by atoms with E-state index in [-0.39, 0.29) is 22.9 Å².